The predicted octanol–water partition coefficient (Wildman–Crippen LogP) is 6.23. The van der Waals surface area contributed by atoms with Crippen LogP contribution in [0.25, 0.3) is 16.6 Å². The van der Waals surface area contributed by atoms with E-state index in [1.54, 1.807) is 0 Å². The molecule has 3 rings (SSSR count). The third kappa shape index (κ3) is 5.25. The fraction of sp³-hybridized carbons (Fsp3) is 0.333. The number of nitrogens with zero attached hydrogens (tertiary/aromatic N) is 2. The Balaban J connectivity index is 1.68. The summed E-state index contributed by atoms with van der Waals surface area (Å²) < 4.78 is 46.4. The second-order valence-corrected chi connectivity index (χ2v) is 7.49. The van der Waals surface area contributed by atoms with E-state index in [1.807, 2.05) is 41.8 Å². The zero-order valence-corrected chi connectivity index (χ0v) is 17.4. The van der Waals surface area contributed by atoms with Crippen molar-refractivity contribution in [2.45, 2.75) is 25.9 Å². The Labute approximate surface area is 175 Å². The Kier molecular flexibility index (Phi) is 6.87. The van der Waals surface area contributed by atoms with E-state index in [0.29, 0.717) is 12.3 Å². The highest BCUT2D eigenvalue weighted by atomic mass is 19.4. The van der Waals surface area contributed by atoms with Gasteiger partial charge >= 0.3 is 6.18 Å². The van der Waals surface area contributed by atoms with Gasteiger partial charge in [0.05, 0.1) is 17.7 Å². The van der Waals surface area contributed by atoms with Crippen molar-refractivity contribution in [1.82, 2.24) is 9.47 Å². The van der Waals surface area contributed by atoms with Gasteiger partial charge in [-0.1, -0.05) is 6.08 Å². The highest BCUT2D eigenvalue weighted by Gasteiger charge is 2.30. The summed E-state index contributed by atoms with van der Waals surface area (Å²) in [6.45, 7) is 8.21. The van der Waals surface area contributed by atoms with Gasteiger partial charge in [0.25, 0.3) is 0 Å². The van der Waals surface area contributed by atoms with Gasteiger partial charge in [0, 0.05) is 23.3 Å². The van der Waals surface area contributed by atoms with Crippen molar-refractivity contribution in [3.8, 4) is 11.4 Å². The molecule has 1 aromatic heterocycles. The van der Waals surface area contributed by atoms with Gasteiger partial charge in [-0.15, -0.1) is 6.58 Å². The van der Waals surface area contributed by atoms with E-state index in [-0.39, 0.29) is 0 Å². The Bertz CT molecular complexity index is 990. The monoisotopic (exact) mass is 416 g/mol. The van der Waals surface area contributed by atoms with Crippen molar-refractivity contribution < 1.29 is 17.9 Å². The molecule has 0 atom stereocenters. The molecule has 3 aromatic rings. The molecule has 160 valence electrons. The summed E-state index contributed by atoms with van der Waals surface area (Å²) in [5, 5.41) is 0.996. The van der Waals surface area contributed by atoms with Crippen molar-refractivity contribution in [3.05, 3.63) is 72.4 Å². The minimum absolute atomic E-state index is 0.645. The lowest BCUT2D eigenvalue weighted by atomic mass is 10.2. The van der Waals surface area contributed by atoms with Gasteiger partial charge in [-0.05, 0) is 81.9 Å². The topological polar surface area (TPSA) is 17.4 Å². The number of hydrogen-bond donors (Lipinski definition) is 0. The molecule has 2 aromatic carbocycles. The molecule has 1 heterocycles. The Morgan fingerprint density at radius 3 is 2.47 bits per heavy atom. The van der Waals surface area contributed by atoms with Crippen LogP contribution >= 0.6 is 0 Å². The first kappa shape index (κ1) is 22.0. The molecule has 30 heavy (non-hydrogen) atoms. The molecule has 0 spiro atoms. The summed E-state index contributed by atoms with van der Waals surface area (Å²) in [4.78, 5) is 2.21. The molecule has 0 saturated heterocycles. The Hall–Kier alpha value is -2.73. The number of unbranched alkanes of at least 4 members (excludes halogenated alkanes) is 1. The maximum Gasteiger partial charge on any atom is 0.416 e. The molecule has 0 amide bonds. The molecule has 0 aliphatic heterocycles. The molecule has 0 aliphatic carbocycles. The molecule has 6 heteroatoms. The molecule has 0 saturated carbocycles. The van der Waals surface area contributed by atoms with E-state index in [1.165, 1.54) is 12.1 Å². The number of fused-ring (bicyclic) bond motifs is 1. The minimum Gasteiger partial charge on any atom is -0.494 e. The van der Waals surface area contributed by atoms with Gasteiger partial charge in [0.15, 0.2) is 0 Å². The number of halogens is 3. The van der Waals surface area contributed by atoms with Gasteiger partial charge in [-0.2, -0.15) is 13.2 Å². The molecule has 0 radical (unpaired) electrons. The number of ether oxygens (including phenoxy) is 1. The quantitative estimate of drug-likeness (QED) is 0.304. The normalized spacial score (nSPS) is 11.9. The van der Waals surface area contributed by atoms with Crippen LogP contribution in [0.2, 0.25) is 0 Å². The first-order chi connectivity index (χ1) is 14.3. The smallest absolute Gasteiger partial charge is 0.416 e. The maximum atomic E-state index is 12.8. The number of aromatic nitrogens is 1. The molecule has 3 nitrogen and oxygen atoms in total. The van der Waals surface area contributed by atoms with Crippen LogP contribution in [0, 0.1) is 6.92 Å². The first-order valence-corrected chi connectivity index (χ1v) is 10.0. The molecule has 0 bridgehead atoms. The molecular weight excluding hydrogens is 389 g/mol. The predicted molar refractivity (Wildman–Crippen MR) is 115 cm³/mol. The molecule has 0 fully saturated rings. The van der Waals surface area contributed by atoms with Crippen molar-refractivity contribution in [2.24, 2.45) is 0 Å². The van der Waals surface area contributed by atoms with Gasteiger partial charge in [-0.25, -0.2) is 0 Å². The Morgan fingerprint density at radius 2 is 1.80 bits per heavy atom. The lowest BCUT2D eigenvalue weighted by molar-refractivity contribution is -0.137. The number of likely N-dealkylation sites (N-methyl/N-ethyl adjacent to an activating group) is 1. The average molecular weight is 416 g/mol. The number of aryl methyl sites for hydroxylation is 1. The fourth-order valence-corrected chi connectivity index (χ4v) is 3.55. The minimum atomic E-state index is -4.33. The van der Waals surface area contributed by atoms with E-state index in [4.69, 9.17) is 4.74 Å². The standard InChI is InChI=1S/C24H27F3N2O/c1-4-13-28(3)14-5-6-15-30-22-11-12-23-19(17-22)16-18(2)29(23)21-9-7-20(8-10-21)24(25,26)27/h4,7-12,16-17H,1,5-6,13-15H2,2-3H3. The second kappa shape index (κ2) is 9.39. The van der Waals surface area contributed by atoms with E-state index < -0.39 is 11.7 Å². The highest BCUT2D eigenvalue weighted by molar-refractivity contribution is 5.84. The van der Waals surface area contributed by atoms with Crippen molar-refractivity contribution >= 4 is 10.9 Å². The molecule has 0 N–H and O–H groups in total. The van der Waals surface area contributed by atoms with Gasteiger partial charge in [0.1, 0.15) is 5.75 Å². The lowest BCUT2D eigenvalue weighted by Gasteiger charge is -2.14. The molecular formula is C24H27F3N2O. The largest absolute Gasteiger partial charge is 0.494 e. The van der Waals surface area contributed by atoms with E-state index >= 15 is 0 Å². The van der Waals surface area contributed by atoms with Crippen molar-refractivity contribution in [1.29, 1.82) is 0 Å². The highest BCUT2D eigenvalue weighted by Crippen LogP contribution is 2.32. The third-order valence-electron chi connectivity index (χ3n) is 5.05. The van der Waals surface area contributed by atoms with E-state index in [2.05, 4.69) is 18.5 Å². The fourth-order valence-electron chi connectivity index (χ4n) is 3.55. The van der Waals surface area contributed by atoms with Crippen LogP contribution in [0.3, 0.4) is 0 Å². The van der Waals surface area contributed by atoms with Crippen LogP contribution in [0.15, 0.2) is 61.2 Å². The van der Waals surface area contributed by atoms with Crippen molar-refractivity contribution in [2.75, 3.05) is 26.7 Å². The van der Waals surface area contributed by atoms with Gasteiger partial charge in [-0.3, -0.25) is 0 Å². The van der Waals surface area contributed by atoms with Crippen molar-refractivity contribution in [3.63, 3.8) is 0 Å². The SMILES string of the molecule is C=CCN(C)CCCCOc1ccc2c(c1)cc(C)n2-c1ccc(C(F)(F)F)cc1. The van der Waals surface area contributed by atoms with Gasteiger partial charge in [0.2, 0.25) is 0 Å². The van der Waals surface area contributed by atoms with E-state index in [0.717, 1.165) is 60.4 Å². The van der Waals surface area contributed by atoms with Crippen LogP contribution in [0.5, 0.6) is 5.75 Å². The Morgan fingerprint density at radius 1 is 1.07 bits per heavy atom. The lowest BCUT2D eigenvalue weighted by Crippen LogP contribution is -2.19. The van der Waals surface area contributed by atoms with Crippen LogP contribution < -0.4 is 4.74 Å². The zero-order valence-electron chi connectivity index (χ0n) is 17.4. The second-order valence-electron chi connectivity index (χ2n) is 7.49. The third-order valence-corrected chi connectivity index (χ3v) is 5.05. The van der Waals surface area contributed by atoms with Crippen LogP contribution in [0.1, 0.15) is 24.1 Å². The molecule has 0 unspecified atom stereocenters. The summed E-state index contributed by atoms with van der Waals surface area (Å²) in [5.74, 6) is 0.798. The summed E-state index contributed by atoms with van der Waals surface area (Å²) in [5.41, 5.74) is 1.94. The average Bonchev–Trinajstić information content (AvgIpc) is 3.02. The van der Waals surface area contributed by atoms with E-state index in [9.17, 15) is 13.2 Å². The van der Waals surface area contributed by atoms with Crippen LogP contribution in [-0.2, 0) is 6.18 Å². The zero-order chi connectivity index (χ0) is 21.7. The van der Waals surface area contributed by atoms with Crippen LogP contribution in [0.4, 0.5) is 13.2 Å². The number of alkyl halides is 3. The number of benzene rings is 2. The molecule has 0 aliphatic rings. The number of hydrogen-bond acceptors (Lipinski definition) is 2. The first-order valence-electron chi connectivity index (χ1n) is 10.0. The number of rotatable bonds is 9. The van der Waals surface area contributed by atoms with Crippen LogP contribution in [-0.4, -0.2) is 36.2 Å². The summed E-state index contributed by atoms with van der Waals surface area (Å²) in [6, 6.07) is 13.1. The van der Waals surface area contributed by atoms with Gasteiger partial charge < -0.3 is 14.2 Å². The maximum absolute atomic E-state index is 12.8. The summed E-state index contributed by atoms with van der Waals surface area (Å²) in [7, 11) is 2.07. The summed E-state index contributed by atoms with van der Waals surface area (Å²) in [6.07, 6.45) is -0.425. The summed E-state index contributed by atoms with van der Waals surface area (Å²) >= 11 is 0.